The standard InChI is InChI=1S/C18H27F2N5OS/c1-24-6-3-14(22-15(26)7-13-8-18(19,20)9-13)17(24)4-2-5-25(11-17)10-16-23-21-12-27-16/h12-14H,2-11H2,1H3,(H,22,26). The summed E-state index contributed by atoms with van der Waals surface area (Å²) in [6, 6.07) is 0.0767. The minimum atomic E-state index is -2.56. The number of hydrogen-bond donors (Lipinski definition) is 1. The second-order valence-electron chi connectivity index (χ2n) is 8.41. The number of likely N-dealkylation sites (N-methyl/N-ethyl adjacent to an activating group) is 1. The van der Waals surface area contributed by atoms with E-state index in [1.54, 1.807) is 16.8 Å². The van der Waals surface area contributed by atoms with Crippen LogP contribution in [0.15, 0.2) is 5.51 Å². The van der Waals surface area contributed by atoms with Crippen molar-refractivity contribution in [1.29, 1.82) is 0 Å². The second kappa shape index (κ2) is 7.33. The van der Waals surface area contributed by atoms with Crippen molar-refractivity contribution in [2.75, 3.05) is 26.7 Å². The minimum Gasteiger partial charge on any atom is -0.351 e. The lowest BCUT2D eigenvalue weighted by Gasteiger charge is -2.48. The SMILES string of the molecule is CN1CCC(NC(=O)CC2CC(F)(F)C2)C12CCCN(Cc1nncs1)C2. The van der Waals surface area contributed by atoms with Crippen LogP contribution in [0.4, 0.5) is 8.78 Å². The molecule has 1 N–H and O–H groups in total. The van der Waals surface area contributed by atoms with Gasteiger partial charge in [-0.1, -0.05) is 0 Å². The van der Waals surface area contributed by atoms with Gasteiger partial charge in [0.15, 0.2) is 0 Å². The average Bonchev–Trinajstić information content (AvgIpc) is 3.18. The van der Waals surface area contributed by atoms with Crippen molar-refractivity contribution in [2.45, 2.75) is 62.6 Å². The molecule has 3 aliphatic rings. The first-order valence-corrected chi connectivity index (χ1v) is 10.6. The maximum atomic E-state index is 13.0. The zero-order valence-electron chi connectivity index (χ0n) is 15.7. The van der Waals surface area contributed by atoms with E-state index < -0.39 is 5.92 Å². The number of amides is 1. The summed E-state index contributed by atoms with van der Waals surface area (Å²) in [4.78, 5) is 17.3. The Morgan fingerprint density at radius 2 is 2.22 bits per heavy atom. The van der Waals surface area contributed by atoms with Gasteiger partial charge in [-0.15, -0.1) is 21.5 Å². The highest BCUT2D eigenvalue weighted by Crippen LogP contribution is 2.44. The lowest BCUT2D eigenvalue weighted by atomic mass is 9.78. The van der Waals surface area contributed by atoms with Gasteiger partial charge in [-0.3, -0.25) is 14.6 Å². The summed E-state index contributed by atoms with van der Waals surface area (Å²) in [5, 5.41) is 12.3. The van der Waals surface area contributed by atoms with Crippen molar-refractivity contribution < 1.29 is 13.6 Å². The molecule has 1 aromatic rings. The molecule has 1 saturated carbocycles. The van der Waals surface area contributed by atoms with Crippen LogP contribution < -0.4 is 5.32 Å². The number of hydrogen-bond acceptors (Lipinski definition) is 6. The summed E-state index contributed by atoms with van der Waals surface area (Å²) in [7, 11) is 2.13. The monoisotopic (exact) mass is 399 g/mol. The van der Waals surface area contributed by atoms with Gasteiger partial charge >= 0.3 is 0 Å². The molecule has 0 radical (unpaired) electrons. The molecular formula is C18H27F2N5OS. The summed E-state index contributed by atoms with van der Waals surface area (Å²) >= 11 is 1.57. The van der Waals surface area contributed by atoms with Crippen molar-refractivity contribution in [1.82, 2.24) is 25.3 Å². The number of halogens is 2. The van der Waals surface area contributed by atoms with E-state index in [1.807, 2.05) is 0 Å². The van der Waals surface area contributed by atoms with E-state index in [4.69, 9.17) is 0 Å². The molecule has 2 atom stereocenters. The highest BCUT2D eigenvalue weighted by atomic mass is 32.1. The number of nitrogens with zero attached hydrogens (tertiary/aromatic N) is 4. The van der Waals surface area contributed by atoms with Crippen LogP contribution in [0.5, 0.6) is 0 Å². The quantitative estimate of drug-likeness (QED) is 0.822. The molecule has 2 saturated heterocycles. The fourth-order valence-corrected chi connectivity index (χ4v) is 5.64. The third kappa shape index (κ3) is 4.00. The number of rotatable bonds is 5. The smallest absolute Gasteiger partial charge is 0.248 e. The van der Waals surface area contributed by atoms with Crippen molar-refractivity contribution in [3.8, 4) is 0 Å². The van der Waals surface area contributed by atoms with Crippen LogP contribution in [0.2, 0.25) is 0 Å². The van der Waals surface area contributed by atoms with Gasteiger partial charge in [-0.05, 0) is 38.8 Å². The van der Waals surface area contributed by atoms with Gasteiger partial charge in [-0.2, -0.15) is 0 Å². The Labute approximate surface area is 162 Å². The maximum Gasteiger partial charge on any atom is 0.248 e. The van der Waals surface area contributed by atoms with Crippen LogP contribution in [0.1, 0.15) is 43.5 Å². The highest BCUT2D eigenvalue weighted by Gasteiger charge is 2.50. The zero-order chi connectivity index (χ0) is 19.1. The molecule has 4 rings (SSSR count). The minimum absolute atomic E-state index is 0.0728. The van der Waals surface area contributed by atoms with Crippen molar-refractivity contribution in [2.24, 2.45) is 5.92 Å². The van der Waals surface area contributed by atoms with Crippen LogP contribution in [0, 0.1) is 5.92 Å². The summed E-state index contributed by atoms with van der Waals surface area (Å²) in [5.41, 5.74) is 1.67. The van der Waals surface area contributed by atoms with E-state index in [0.29, 0.717) is 0 Å². The third-order valence-electron chi connectivity index (χ3n) is 6.49. The van der Waals surface area contributed by atoms with Gasteiger partial charge in [0.25, 0.3) is 0 Å². The van der Waals surface area contributed by atoms with Crippen molar-refractivity contribution in [3.63, 3.8) is 0 Å². The number of alkyl halides is 2. The van der Waals surface area contributed by atoms with Gasteiger partial charge in [0.2, 0.25) is 11.8 Å². The summed E-state index contributed by atoms with van der Waals surface area (Å²) in [6.07, 6.45) is 2.96. The first kappa shape index (κ1) is 19.1. The molecule has 3 fully saturated rings. The van der Waals surface area contributed by atoms with Crippen LogP contribution in [0.25, 0.3) is 0 Å². The van der Waals surface area contributed by atoms with Crippen molar-refractivity contribution >= 4 is 17.2 Å². The Morgan fingerprint density at radius 3 is 2.93 bits per heavy atom. The predicted octanol–water partition coefficient (Wildman–Crippen LogP) is 2.13. The van der Waals surface area contributed by atoms with E-state index in [1.165, 1.54) is 0 Å². The van der Waals surface area contributed by atoms with E-state index in [0.717, 1.165) is 50.4 Å². The molecule has 6 nitrogen and oxygen atoms in total. The van der Waals surface area contributed by atoms with Crippen molar-refractivity contribution in [3.05, 3.63) is 10.5 Å². The fourth-order valence-electron chi connectivity index (χ4n) is 5.07. The second-order valence-corrected chi connectivity index (χ2v) is 9.33. The molecule has 0 bridgehead atoms. The van der Waals surface area contributed by atoms with E-state index in [-0.39, 0.29) is 42.7 Å². The molecule has 1 aromatic heterocycles. The summed E-state index contributed by atoms with van der Waals surface area (Å²) in [6.45, 7) is 3.64. The van der Waals surface area contributed by atoms with Crippen LogP contribution >= 0.6 is 11.3 Å². The Hall–Kier alpha value is -1.19. The Morgan fingerprint density at radius 1 is 1.41 bits per heavy atom. The normalized spacial score (nSPS) is 31.9. The molecule has 1 spiro atoms. The lowest BCUT2D eigenvalue weighted by Crippen LogP contribution is -2.63. The largest absolute Gasteiger partial charge is 0.351 e. The lowest BCUT2D eigenvalue weighted by molar-refractivity contribution is -0.135. The van der Waals surface area contributed by atoms with Gasteiger partial charge in [0, 0.05) is 38.4 Å². The fraction of sp³-hybridized carbons (Fsp3) is 0.833. The molecular weight excluding hydrogens is 372 g/mol. The van der Waals surface area contributed by atoms with Gasteiger partial charge in [-0.25, -0.2) is 8.78 Å². The molecule has 0 aromatic carbocycles. The molecule has 9 heteroatoms. The molecule has 2 aliphatic heterocycles. The van der Waals surface area contributed by atoms with E-state index >= 15 is 0 Å². The molecule has 1 aliphatic carbocycles. The predicted molar refractivity (Wildman–Crippen MR) is 98.6 cm³/mol. The molecule has 27 heavy (non-hydrogen) atoms. The number of carbonyl (C=O) groups is 1. The Balaban J connectivity index is 1.38. The number of aromatic nitrogens is 2. The molecule has 3 heterocycles. The molecule has 150 valence electrons. The average molecular weight is 400 g/mol. The van der Waals surface area contributed by atoms with Gasteiger partial charge < -0.3 is 5.32 Å². The summed E-state index contributed by atoms with van der Waals surface area (Å²) in [5.74, 6) is -2.80. The zero-order valence-corrected chi connectivity index (χ0v) is 16.5. The van der Waals surface area contributed by atoms with Crippen LogP contribution in [-0.4, -0.2) is 70.1 Å². The molecule has 2 unspecified atom stereocenters. The summed E-state index contributed by atoms with van der Waals surface area (Å²) < 4.78 is 26.1. The first-order chi connectivity index (χ1) is 12.9. The number of nitrogens with one attached hydrogen (secondary N) is 1. The highest BCUT2D eigenvalue weighted by molar-refractivity contribution is 7.09. The van der Waals surface area contributed by atoms with Gasteiger partial charge in [0.05, 0.1) is 12.1 Å². The van der Waals surface area contributed by atoms with Crippen LogP contribution in [-0.2, 0) is 11.3 Å². The number of likely N-dealkylation sites (tertiary alicyclic amines) is 2. The van der Waals surface area contributed by atoms with E-state index in [9.17, 15) is 13.6 Å². The topological polar surface area (TPSA) is 61.4 Å². The first-order valence-electron chi connectivity index (χ1n) is 9.72. The maximum absolute atomic E-state index is 13.0. The van der Waals surface area contributed by atoms with Gasteiger partial charge in [0.1, 0.15) is 10.5 Å². The third-order valence-corrected chi connectivity index (χ3v) is 7.17. The Kier molecular flexibility index (Phi) is 5.20. The van der Waals surface area contributed by atoms with Crippen LogP contribution in [0.3, 0.4) is 0 Å². The number of carbonyl (C=O) groups excluding carboxylic acids is 1. The van der Waals surface area contributed by atoms with E-state index in [2.05, 4.69) is 32.4 Å². The Bertz CT molecular complexity index is 665. The molecule has 1 amide bonds. The number of piperidine rings is 1.